The molecule has 2 aliphatic rings. The average molecular weight is 432 g/mol. The lowest BCUT2D eigenvalue weighted by Crippen LogP contribution is -2.64. The van der Waals surface area contributed by atoms with Crippen LogP contribution >= 0.6 is 0 Å². The standard InChI is InChI=1S/C26H29N3O3/c1-18-8-3-4-9-19(18)16-29-24(30)22-14-13-21(23-12-7-15-32-23)28(22)17-26(29,2)25(31)27-20-10-5-6-11-20/h3-4,7-9,12-15,20H,5-6,10-11,16-17H2,1-2H3,(H,27,31)/t26-/m1/s1. The Hall–Kier alpha value is -3.28. The average Bonchev–Trinajstić information content (AvgIpc) is 3.54. The predicted molar refractivity (Wildman–Crippen MR) is 122 cm³/mol. The molecule has 6 nitrogen and oxygen atoms in total. The third kappa shape index (κ3) is 3.44. The van der Waals surface area contributed by atoms with E-state index < -0.39 is 5.54 Å². The molecule has 32 heavy (non-hydrogen) atoms. The number of rotatable bonds is 5. The van der Waals surface area contributed by atoms with Gasteiger partial charge in [0.15, 0.2) is 0 Å². The molecule has 2 amide bonds. The van der Waals surface area contributed by atoms with Gasteiger partial charge in [-0.1, -0.05) is 37.1 Å². The highest BCUT2D eigenvalue weighted by Gasteiger charge is 2.48. The van der Waals surface area contributed by atoms with Crippen LogP contribution in [0.5, 0.6) is 0 Å². The molecular formula is C26H29N3O3. The Balaban J connectivity index is 1.56. The van der Waals surface area contributed by atoms with Gasteiger partial charge in [0.05, 0.1) is 18.5 Å². The third-order valence-corrected chi connectivity index (χ3v) is 7.05. The van der Waals surface area contributed by atoms with Crippen molar-refractivity contribution in [2.24, 2.45) is 0 Å². The normalized spacial score (nSPS) is 21.1. The Morgan fingerprint density at radius 1 is 1.09 bits per heavy atom. The summed E-state index contributed by atoms with van der Waals surface area (Å²) < 4.78 is 7.54. The molecule has 166 valence electrons. The van der Waals surface area contributed by atoms with Crippen molar-refractivity contribution in [3.63, 3.8) is 0 Å². The monoisotopic (exact) mass is 431 g/mol. The van der Waals surface area contributed by atoms with Gasteiger partial charge in [-0.05, 0) is 62.1 Å². The Bertz CT molecular complexity index is 1140. The SMILES string of the molecule is Cc1ccccc1CN1C(=O)c2ccc(-c3ccco3)n2C[C@]1(C)C(=O)NC1CCCC1. The summed E-state index contributed by atoms with van der Waals surface area (Å²) in [7, 11) is 0. The molecule has 0 unspecified atom stereocenters. The van der Waals surface area contributed by atoms with Crippen LogP contribution in [0.15, 0.2) is 59.2 Å². The first-order valence-corrected chi connectivity index (χ1v) is 11.4. The summed E-state index contributed by atoms with van der Waals surface area (Å²) in [5.74, 6) is 0.465. The summed E-state index contributed by atoms with van der Waals surface area (Å²) in [5.41, 5.74) is 2.53. The van der Waals surface area contributed by atoms with Crippen LogP contribution in [0.25, 0.3) is 11.5 Å². The number of furan rings is 1. The van der Waals surface area contributed by atoms with Crippen molar-refractivity contribution in [3.05, 3.63) is 71.6 Å². The van der Waals surface area contributed by atoms with Crippen molar-refractivity contribution in [3.8, 4) is 11.5 Å². The van der Waals surface area contributed by atoms with Crippen molar-refractivity contribution in [2.45, 2.75) is 64.2 Å². The van der Waals surface area contributed by atoms with Gasteiger partial charge in [0.25, 0.3) is 5.91 Å². The van der Waals surface area contributed by atoms with Crippen LogP contribution in [-0.4, -0.2) is 32.9 Å². The van der Waals surface area contributed by atoms with Crippen molar-refractivity contribution in [1.29, 1.82) is 0 Å². The predicted octanol–water partition coefficient (Wildman–Crippen LogP) is 4.53. The van der Waals surface area contributed by atoms with Crippen molar-refractivity contribution in [1.82, 2.24) is 14.8 Å². The van der Waals surface area contributed by atoms with E-state index in [-0.39, 0.29) is 17.9 Å². The number of amides is 2. The fourth-order valence-electron chi connectivity index (χ4n) is 5.03. The molecule has 3 heterocycles. The number of hydrogen-bond donors (Lipinski definition) is 1. The Kier molecular flexibility index (Phi) is 5.16. The highest BCUT2D eigenvalue weighted by atomic mass is 16.3. The molecule has 5 rings (SSSR count). The molecule has 1 fully saturated rings. The fraction of sp³-hybridized carbons (Fsp3) is 0.385. The maximum atomic E-state index is 13.8. The van der Waals surface area contributed by atoms with E-state index in [1.54, 1.807) is 11.2 Å². The lowest BCUT2D eigenvalue weighted by molar-refractivity contribution is -0.133. The third-order valence-electron chi connectivity index (χ3n) is 7.05. The molecule has 0 radical (unpaired) electrons. The second-order valence-corrected chi connectivity index (χ2v) is 9.21. The summed E-state index contributed by atoms with van der Waals surface area (Å²) in [6, 6.07) is 15.7. The van der Waals surface area contributed by atoms with E-state index in [0.29, 0.717) is 24.5 Å². The molecule has 6 heteroatoms. The summed E-state index contributed by atoms with van der Waals surface area (Å²) >= 11 is 0. The minimum atomic E-state index is -1.02. The zero-order valence-electron chi connectivity index (χ0n) is 18.6. The van der Waals surface area contributed by atoms with Crippen LogP contribution in [0.1, 0.15) is 54.2 Å². The van der Waals surface area contributed by atoms with Crippen LogP contribution in [0.3, 0.4) is 0 Å². The van der Waals surface area contributed by atoms with Gasteiger partial charge in [0.2, 0.25) is 5.91 Å². The first-order chi connectivity index (χ1) is 15.5. The van der Waals surface area contributed by atoms with Crippen molar-refractivity contribution >= 4 is 11.8 Å². The summed E-state index contributed by atoms with van der Waals surface area (Å²) in [6.45, 7) is 4.70. The van der Waals surface area contributed by atoms with E-state index in [2.05, 4.69) is 5.32 Å². The van der Waals surface area contributed by atoms with Crippen molar-refractivity contribution in [2.75, 3.05) is 0 Å². The van der Waals surface area contributed by atoms with Gasteiger partial charge < -0.3 is 19.2 Å². The molecule has 1 N–H and O–H groups in total. The summed E-state index contributed by atoms with van der Waals surface area (Å²) in [6.07, 6.45) is 5.90. The molecule has 1 atom stereocenters. The summed E-state index contributed by atoms with van der Waals surface area (Å²) in [5, 5.41) is 3.25. The van der Waals surface area contributed by atoms with E-state index in [0.717, 1.165) is 42.5 Å². The Labute approximate surface area is 188 Å². The number of nitrogens with one attached hydrogen (secondary N) is 1. The first kappa shape index (κ1) is 20.6. The van der Waals surface area contributed by atoms with Gasteiger partial charge in [-0.2, -0.15) is 0 Å². The quantitative estimate of drug-likeness (QED) is 0.645. The zero-order valence-corrected chi connectivity index (χ0v) is 18.6. The van der Waals surface area contributed by atoms with E-state index in [1.807, 2.05) is 66.9 Å². The number of benzene rings is 1. The highest BCUT2D eigenvalue weighted by molar-refractivity contribution is 6.00. The molecule has 0 bridgehead atoms. The van der Waals surface area contributed by atoms with Gasteiger partial charge in [0.1, 0.15) is 17.0 Å². The molecule has 1 aliphatic carbocycles. The second kappa shape index (κ2) is 8.01. The number of hydrogen-bond acceptors (Lipinski definition) is 3. The first-order valence-electron chi connectivity index (χ1n) is 11.4. The number of aryl methyl sites for hydroxylation is 1. The number of carbonyl (C=O) groups excluding carboxylic acids is 2. The smallest absolute Gasteiger partial charge is 0.271 e. The van der Waals surface area contributed by atoms with Crippen LogP contribution in [0, 0.1) is 6.92 Å². The number of aromatic nitrogens is 1. The Morgan fingerprint density at radius 2 is 1.84 bits per heavy atom. The van der Waals surface area contributed by atoms with Crippen LogP contribution < -0.4 is 5.32 Å². The van der Waals surface area contributed by atoms with E-state index in [9.17, 15) is 9.59 Å². The fourth-order valence-corrected chi connectivity index (χ4v) is 5.03. The van der Waals surface area contributed by atoms with E-state index >= 15 is 0 Å². The number of carbonyl (C=O) groups is 2. The van der Waals surface area contributed by atoms with E-state index in [4.69, 9.17) is 4.42 Å². The van der Waals surface area contributed by atoms with Gasteiger partial charge in [-0.15, -0.1) is 0 Å². The molecular weight excluding hydrogens is 402 g/mol. The van der Waals surface area contributed by atoms with Crippen LogP contribution in [0.4, 0.5) is 0 Å². The topological polar surface area (TPSA) is 67.5 Å². The molecule has 0 spiro atoms. The van der Waals surface area contributed by atoms with Crippen LogP contribution in [0.2, 0.25) is 0 Å². The molecule has 0 saturated heterocycles. The van der Waals surface area contributed by atoms with Gasteiger partial charge in [-0.25, -0.2) is 0 Å². The molecule has 3 aromatic rings. The largest absolute Gasteiger partial charge is 0.463 e. The van der Waals surface area contributed by atoms with Crippen LogP contribution in [-0.2, 0) is 17.9 Å². The van der Waals surface area contributed by atoms with Gasteiger partial charge in [-0.3, -0.25) is 9.59 Å². The molecule has 1 saturated carbocycles. The lowest BCUT2D eigenvalue weighted by Gasteiger charge is -2.45. The minimum Gasteiger partial charge on any atom is -0.463 e. The lowest BCUT2D eigenvalue weighted by atomic mass is 9.92. The van der Waals surface area contributed by atoms with Gasteiger partial charge in [0, 0.05) is 12.6 Å². The second-order valence-electron chi connectivity index (χ2n) is 9.21. The molecule has 1 aliphatic heterocycles. The van der Waals surface area contributed by atoms with Gasteiger partial charge >= 0.3 is 0 Å². The molecule has 1 aromatic carbocycles. The number of nitrogens with zero attached hydrogens (tertiary/aromatic N) is 2. The van der Waals surface area contributed by atoms with Crippen molar-refractivity contribution < 1.29 is 14.0 Å². The maximum absolute atomic E-state index is 13.8. The number of fused-ring (bicyclic) bond motifs is 1. The maximum Gasteiger partial charge on any atom is 0.271 e. The highest BCUT2D eigenvalue weighted by Crippen LogP contribution is 2.35. The Morgan fingerprint density at radius 3 is 2.56 bits per heavy atom. The molecule has 2 aromatic heterocycles. The summed E-state index contributed by atoms with van der Waals surface area (Å²) in [4.78, 5) is 29.2. The zero-order chi connectivity index (χ0) is 22.3. The minimum absolute atomic E-state index is 0.0870. The van der Waals surface area contributed by atoms with E-state index in [1.165, 1.54) is 0 Å².